The Morgan fingerprint density at radius 2 is 1.06 bits per heavy atom. The minimum Gasteiger partial charge on any atom is -0.264 e. The average molecular weight is 415 g/mol. The zero-order chi connectivity index (χ0) is 20.9. The topological polar surface area (TPSA) is 25.8 Å². The molecule has 5 rings (SSSR count). The number of aromatic nitrogens is 2. The van der Waals surface area contributed by atoms with Gasteiger partial charge < -0.3 is 0 Å². The van der Waals surface area contributed by atoms with Crippen molar-refractivity contribution in [3.05, 3.63) is 128 Å². The number of hydrogen-bond acceptors (Lipinski definition) is 2. The van der Waals surface area contributed by atoms with Gasteiger partial charge in [0.1, 0.15) is 8.80 Å². The van der Waals surface area contributed by atoms with Gasteiger partial charge in [-0.2, -0.15) is 0 Å². The van der Waals surface area contributed by atoms with Crippen molar-refractivity contribution in [3.63, 3.8) is 0 Å². The Kier molecular flexibility index (Phi) is 5.50. The summed E-state index contributed by atoms with van der Waals surface area (Å²) < 4.78 is 0. The Morgan fingerprint density at radius 1 is 0.484 bits per heavy atom. The van der Waals surface area contributed by atoms with Crippen LogP contribution in [-0.4, -0.2) is 18.8 Å². The lowest BCUT2D eigenvalue weighted by Crippen LogP contribution is -2.52. The molecule has 2 nitrogen and oxygen atoms in total. The first-order valence-electron chi connectivity index (χ1n) is 10.5. The van der Waals surface area contributed by atoms with Crippen LogP contribution in [0.15, 0.2) is 128 Å². The molecule has 0 unspecified atom stereocenters. The Morgan fingerprint density at radius 3 is 1.61 bits per heavy atom. The summed E-state index contributed by atoms with van der Waals surface area (Å²) in [6, 6.07) is 36.8. The van der Waals surface area contributed by atoms with Gasteiger partial charge in [0.05, 0.1) is 0 Å². The van der Waals surface area contributed by atoms with Gasteiger partial charge in [0.25, 0.3) is 0 Å². The standard InChI is InChI=1S/C28H22N2Si/c1-3-12-24(13-4-1)31(25-14-5-2-6-15-25)27-17-7-16-26(22-10-8-18-29-20-22)28(27)23-11-9-19-30-21-23/h1-21,31H. The molecule has 0 aliphatic heterocycles. The van der Waals surface area contributed by atoms with E-state index in [-0.39, 0.29) is 0 Å². The maximum absolute atomic E-state index is 4.44. The van der Waals surface area contributed by atoms with E-state index in [2.05, 4.69) is 101 Å². The van der Waals surface area contributed by atoms with Crippen molar-refractivity contribution < 1.29 is 0 Å². The third kappa shape index (κ3) is 3.96. The highest BCUT2D eigenvalue weighted by Crippen LogP contribution is 2.30. The molecule has 0 aliphatic rings. The predicted molar refractivity (Wildman–Crippen MR) is 132 cm³/mol. The van der Waals surface area contributed by atoms with E-state index in [1.807, 2.05) is 36.9 Å². The van der Waals surface area contributed by atoms with Crippen LogP contribution in [0.3, 0.4) is 0 Å². The van der Waals surface area contributed by atoms with E-state index >= 15 is 0 Å². The summed E-state index contributed by atoms with van der Waals surface area (Å²) >= 11 is 0. The fourth-order valence-corrected chi connectivity index (χ4v) is 7.48. The molecule has 2 aromatic heterocycles. The molecule has 31 heavy (non-hydrogen) atoms. The maximum atomic E-state index is 4.44. The van der Waals surface area contributed by atoms with E-state index in [0.29, 0.717) is 0 Å². The summed E-state index contributed by atoms with van der Waals surface area (Å²) in [5, 5.41) is 4.20. The zero-order valence-electron chi connectivity index (χ0n) is 17.1. The van der Waals surface area contributed by atoms with Crippen LogP contribution in [0.1, 0.15) is 0 Å². The molecule has 0 radical (unpaired) electrons. The molecule has 3 aromatic carbocycles. The largest absolute Gasteiger partial charge is 0.264 e. The Hall–Kier alpha value is -3.82. The molecule has 0 saturated heterocycles. The molecule has 148 valence electrons. The lowest BCUT2D eigenvalue weighted by atomic mass is 9.96. The molecule has 5 aromatic rings. The smallest absolute Gasteiger partial charge is 0.133 e. The maximum Gasteiger partial charge on any atom is 0.133 e. The van der Waals surface area contributed by atoms with Crippen LogP contribution in [0.4, 0.5) is 0 Å². The summed E-state index contributed by atoms with van der Waals surface area (Å²) in [5.41, 5.74) is 4.72. The molecule has 0 fully saturated rings. The van der Waals surface area contributed by atoms with E-state index in [4.69, 9.17) is 0 Å². The van der Waals surface area contributed by atoms with Crippen LogP contribution in [0.2, 0.25) is 0 Å². The first kappa shape index (κ1) is 19.2. The molecule has 0 atom stereocenters. The Bertz CT molecular complexity index is 1220. The summed E-state index contributed by atoms with van der Waals surface area (Å²) in [6.07, 6.45) is 7.57. The highest BCUT2D eigenvalue weighted by atomic mass is 28.3. The van der Waals surface area contributed by atoms with Crippen molar-refractivity contribution >= 4 is 24.4 Å². The molecule has 2 heterocycles. The van der Waals surface area contributed by atoms with Gasteiger partial charge in [-0.05, 0) is 28.4 Å². The van der Waals surface area contributed by atoms with Crippen molar-refractivity contribution in [3.8, 4) is 22.3 Å². The van der Waals surface area contributed by atoms with E-state index in [0.717, 1.165) is 11.1 Å². The van der Waals surface area contributed by atoms with Crippen LogP contribution in [0.25, 0.3) is 22.3 Å². The van der Waals surface area contributed by atoms with Crippen molar-refractivity contribution in [2.75, 3.05) is 0 Å². The van der Waals surface area contributed by atoms with Crippen molar-refractivity contribution in [1.29, 1.82) is 0 Å². The summed E-state index contributed by atoms with van der Waals surface area (Å²) in [4.78, 5) is 8.82. The third-order valence-corrected chi connectivity index (χ3v) is 8.80. The van der Waals surface area contributed by atoms with Crippen LogP contribution < -0.4 is 15.6 Å². The molecule has 0 saturated carbocycles. The van der Waals surface area contributed by atoms with Gasteiger partial charge in [0.2, 0.25) is 0 Å². The van der Waals surface area contributed by atoms with Crippen LogP contribution >= 0.6 is 0 Å². The molecule has 0 amide bonds. The minimum absolute atomic E-state index is 1.12. The zero-order valence-corrected chi connectivity index (χ0v) is 18.3. The number of pyridine rings is 2. The van der Waals surface area contributed by atoms with E-state index in [1.165, 1.54) is 26.7 Å². The number of benzene rings is 3. The van der Waals surface area contributed by atoms with Gasteiger partial charge in [0, 0.05) is 35.9 Å². The van der Waals surface area contributed by atoms with Gasteiger partial charge in [-0.3, -0.25) is 9.97 Å². The number of nitrogens with zero attached hydrogens (tertiary/aromatic N) is 2. The van der Waals surface area contributed by atoms with E-state index in [9.17, 15) is 0 Å². The van der Waals surface area contributed by atoms with Crippen LogP contribution in [0, 0.1) is 0 Å². The van der Waals surface area contributed by atoms with Crippen molar-refractivity contribution in [1.82, 2.24) is 9.97 Å². The highest BCUT2D eigenvalue weighted by Gasteiger charge is 2.24. The fourth-order valence-electron chi connectivity index (χ4n) is 4.25. The van der Waals surface area contributed by atoms with Crippen LogP contribution in [-0.2, 0) is 0 Å². The van der Waals surface area contributed by atoms with Gasteiger partial charge in [-0.1, -0.05) is 101 Å². The first-order chi connectivity index (χ1) is 15.4. The normalized spacial score (nSPS) is 10.9. The summed E-state index contributed by atoms with van der Waals surface area (Å²) in [6.45, 7) is 0. The molecular weight excluding hydrogens is 392 g/mol. The molecule has 0 spiro atoms. The average Bonchev–Trinajstić information content (AvgIpc) is 2.86. The minimum atomic E-state index is -1.72. The molecule has 0 aliphatic carbocycles. The van der Waals surface area contributed by atoms with Crippen molar-refractivity contribution in [2.24, 2.45) is 0 Å². The molecule has 0 N–H and O–H groups in total. The van der Waals surface area contributed by atoms with Gasteiger partial charge in [0.15, 0.2) is 0 Å². The van der Waals surface area contributed by atoms with Gasteiger partial charge in [-0.25, -0.2) is 0 Å². The first-order valence-corrected chi connectivity index (χ1v) is 12.2. The van der Waals surface area contributed by atoms with Crippen LogP contribution in [0.5, 0.6) is 0 Å². The molecule has 3 heteroatoms. The highest BCUT2D eigenvalue weighted by molar-refractivity contribution is 6.96. The van der Waals surface area contributed by atoms with E-state index in [1.54, 1.807) is 0 Å². The van der Waals surface area contributed by atoms with Gasteiger partial charge >= 0.3 is 0 Å². The van der Waals surface area contributed by atoms with Gasteiger partial charge in [-0.15, -0.1) is 0 Å². The Balaban J connectivity index is 1.82. The molecule has 0 bridgehead atoms. The predicted octanol–water partition coefficient (Wildman–Crippen LogP) is 4.06. The second-order valence-corrected chi connectivity index (χ2v) is 10.3. The fraction of sp³-hybridized carbons (Fsp3) is 0. The monoisotopic (exact) mass is 414 g/mol. The summed E-state index contributed by atoms with van der Waals surface area (Å²) in [7, 11) is -1.72. The lowest BCUT2D eigenvalue weighted by Gasteiger charge is -2.23. The second-order valence-electron chi connectivity index (χ2n) is 7.51. The van der Waals surface area contributed by atoms with E-state index < -0.39 is 8.80 Å². The Labute approximate surface area is 184 Å². The molecular formula is C28H22N2Si. The second kappa shape index (κ2) is 8.90. The lowest BCUT2D eigenvalue weighted by molar-refractivity contribution is 1.32. The number of rotatable bonds is 5. The van der Waals surface area contributed by atoms with Crippen molar-refractivity contribution in [2.45, 2.75) is 0 Å². The quantitative estimate of drug-likeness (QED) is 0.320. The third-order valence-electron chi connectivity index (χ3n) is 5.60. The SMILES string of the molecule is c1ccc([SiH](c2ccccc2)c2cccc(-c3cccnc3)c2-c2cccnc2)cc1. The number of hydrogen-bond donors (Lipinski definition) is 0. The summed E-state index contributed by atoms with van der Waals surface area (Å²) in [5.74, 6) is 0.